The van der Waals surface area contributed by atoms with E-state index in [-0.39, 0.29) is 18.3 Å². The Morgan fingerprint density at radius 1 is 1.21 bits per heavy atom. The van der Waals surface area contributed by atoms with Crippen molar-refractivity contribution < 1.29 is 28.6 Å². The fourth-order valence-corrected chi connectivity index (χ4v) is 5.07. The van der Waals surface area contributed by atoms with Gasteiger partial charge in [0, 0.05) is 28.3 Å². The van der Waals surface area contributed by atoms with Gasteiger partial charge in [-0.1, -0.05) is 32.0 Å². The van der Waals surface area contributed by atoms with Crippen LogP contribution in [0, 0.1) is 11.8 Å². The molecule has 3 rings (SSSR count). The minimum Gasteiger partial charge on any atom is -0.496 e. The number of hydrogen-bond donors (Lipinski definition) is 1. The van der Waals surface area contributed by atoms with Crippen molar-refractivity contribution in [2.75, 3.05) is 32.3 Å². The Balaban J connectivity index is 2.12. The summed E-state index contributed by atoms with van der Waals surface area (Å²) in [5, 5.41) is 3.27. The summed E-state index contributed by atoms with van der Waals surface area (Å²) in [4.78, 5) is 39.5. The highest BCUT2D eigenvalue weighted by molar-refractivity contribution is 7.99. The Morgan fingerprint density at radius 2 is 1.94 bits per heavy atom. The molecule has 178 valence electrons. The molecule has 1 aliphatic carbocycles. The van der Waals surface area contributed by atoms with Crippen LogP contribution < -0.4 is 10.1 Å². The van der Waals surface area contributed by atoms with Gasteiger partial charge >= 0.3 is 11.9 Å². The van der Waals surface area contributed by atoms with Crippen molar-refractivity contribution in [3.63, 3.8) is 0 Å². The van der Waals surface area contributed by atoms with E-state index in [1.54, 1.807) is 24.9 Å². The van der Waals surface area contributed by atoms with Gasteiger partial charge in [-0.3, -0.25) is 9.59 Å². The Bertz CT molecular complexity index is 998. The van der Waals surface area contributed by atoms with E-state index in [1.165, 1.54) is 7.11 Å². The average molecular weight is 474 g/mol. The van der Waals surface area contributed by atoms with E-state index >= 15 is 0 Å². The zero-order chi connectivity index (χ0) is 24.1. The molecule has 0 saturated heterocycles. The van der Waals surface area contributed by atoms with Gasteiger partial charge in [0.25, 0.3) is 0 Å². The van der Waals surface area contributed by atoms with E-state index in [2.05, 4.69) is 5.32 Å². The van der Waals surface area contributed by atoms with E-state index in [0.29, 0.717) is 40.3 Å². The van der Waals surface area contributed by atoms with Crippen molar-refractivity contribution in [3.8, 4) is 5.75 Å². The van der Waals surface area contributed by atoms with Gasteiger partial charge in [0.1, 0.15) is 18.3 Å². The quantitative estimate of drug-likeness (QED) is 0.348. The average Bonchev–Trinajstić information content (AvgIpc) is 2.80. The highest BCUT2D eigenvalue weighted by atomic mass is 32.2. The second kappa shape index (κ2) is 10.9. The summed E-state index contributed by atoms with van der Waals surface area (Å²) in [6, 6.07) is 7.30. The summed E-state index contributed by atoms with van der Waals surface area (Å²) in [6.07, 6.45) is 0.485. The SMILES string of the molecule is CCSCCOC(=O)C1=C(C)NC2=C(C(=O)[C@H](C(=O)OC)[C@H](C)C2)[C@@H]1c1ccccc1OC. The number of carbonyl (C=O) groups is 3. The van der Waals surface area contributed by atoms with Crippen LogP contribution in [0.15, 0.2) is 46.8 Å². The lowest BCUT2D eigenvalue weighted by atomic mass is 9.69. The summed E-state index contributed by atoms with van der Waals surface area (Å²) in [5.41, 5.74) is 2.78. The molecular weight excluding hydrogens is 442 g/mol. The summed E-state index contributed by atoms with van der Waals surface area (Å²) in [5.74, 6) is -1.08. The number of carbonyl (C=O) groups excluding carboxylic acids is 3. The van der Waals surface area contributed by atoms with Gasteiger partial charge in [-0.25, -0.2) is 4.79 Å². The molecule has 0 aromatic heterocycles. The predicted octanol–water partition coefficient (Wildman–Crippen LogP) is 3.60. The lowest BCUT2D eigenvalue weighted by Gasteiger charge is -2.38. The zero-order valence-electron chi connectivity index (χ0n) is 19.7. The van der Waals surface area contributed by atoms with E-state index in [0.717, 1.165) is 11.4 Å². The van der Waals surface area contributed by atoms with Crippen LogP contribution in [0.1, 0.15) is 38.7 Å². The minimum atomic E-state index is -0.926. The van der Waals surface area contributed by atoms with Crippen LogP contribution in [0.2, 0.25) is 0 Å². The molecule has 0 bridgehead atoms. The first-order valence-corrected chi connectivity index (χ1v) is 12.2. The fraction of sp³-hybridized carbons (Fsp3) is 0.480. The zero-order valence-corrected chi connectivity index (χ0v) is 20.5. The van der Waals surface area contributed by atoms with Gasteiger partial charge < -0.3 is 19.5 Å². The highest BCUT2D eigenvalue weighted by Crippen LogP contribution is 2.47. The number of ketones is 1. The monoisotopic (exact) mass is 473 g/mol. The Morgan fingerprint density at radius 3 is 2.61 bits per heavy atom. The van der Waals surface area contributed by atoms with E-state index in [4.69, 9.17) is 14.2 Å². The molecule has 1 heterocycles. The van der Waals surface area contributed by atoms with Gasteiger partial charge in [0.15, 0.2) is 5.78 Å². The van der Waals surface area contributed by atoms with E-state index in [1.807, 2.05) is 39.0 Å². The fourth-order valence-electron chi connectivity index (χ4n) is 4.58. The van der Waals surface area contributed by atoms with Crippen LogP contribution in [0.25, 0.3) is 0 Å². The van der Waals surface area contributed by atoms with Crippen LogP contribution in [-0.4, -0.2) is 50.1 Å². The number of esters is 2. The first kappa shape index (κ1) is 24.9. The number of thioether (sulfide) groups is 1. The molecule has 8 heteroatoms. The van der Waals surface area contributed by atoms with Crippen molar-refractivity contribution in [1.82, 2.24) is 5.32 Å². The van der Waals surface area contributed by atoms with Crippen LogP contribution in [0.5, 0.6) is 5.75 Å². The molecule has 0 unspecified atom stereocenters. The van der Waals surface area contributed by atoms with Crippen molar-refractivity contribution >= 4 is 29.5 Å². The second-order valence-corrected chi connectivity index (χ2v) is 9.50. The van der Waals surface area contributed by atoms with Crippen LogP contribution in [0.4, 0.5) is 0 Å². The third kappa shape index (κ3) is 4.95. The molecular formula is C25H31NO6S. The number of nitrogens with one attached hydrogen (secondary N) is 1. The molecule has 0 fully saturated rings. The largest absolute Gasteiger partial charge is 0.496 e. The molecule has 1 aromatic rings. The summed E-state index contributed by atoms with van der Waals surface area (Å²) >= 11 is 1.68. The van der Waals surface area contributed by atoms with Crippen LogP contribution in [-0.2, 0) is 23.9 Å². The smallest absolute Gasteiger partial charge is 0.336 e. The van der Waals surface area contributed by atoms with Gasteiger partial charge in [0.05, 0.1) is 25.7 Å². The number of Topliss-reactive ketones (excluding diaryl/α,β-unsaturated/α-hetero) is 1. The van der Waals surface area contributed by atoms with Crippen molar-refractivity contribution in [2.45, 2.75) is 33.1 Å². The van der Waals surface area contributed by atoms with E-state index < -0.39 is 23.8 Å². The third-order valence-corrected chi connectivity index (χ3v) is 6.94. The molecule has 0 spiro atoms. The van der Waals surface area contributed by atoms with Gasteiger partial charge in [-0.05, 0) is 31.1 Å². The molecule has 33 heavy (non-hydrogen) atoms. The van der Waals surface area contributed by atoms with Crippen molar-refractivity contribution in [3.05, 3.63) is 52.4 Å². The van der Waals surface area contributed by atoms with Crippen molar-refractivity contribution in [1.29, 1.82) is 0 Å². The van der Waals surface area contributed by atoms with Gasteiger partial charge in [0.2, 0.25) is 0 Å². The molecule has 7 nitrogen and oxygen atoms in total. The number of hydrogen-bond acceptors (Lipinski definition) is 8. The second-order valence-electron chi connectivity index (χ2n) is 8.11. The molecule has 1 aromatic carbocycles. The van der Waals surface area contributed by atoms with Crippen LogP contribution >= 0.6 is 11.8 Å². The topological polar surface area (TPSA) is 90.9 Å². The summed E-state index contributed by atoms with van der Waals surface area (Å²) < 4.78 is 16.1. The molecule has 1 N–H and O–H groups in total. The maximum absolute atomic E-state index is 13.7. The lowest BCUT2D eigenvalue weighted by Crippen LogP contribution is -2.43. The van der Waals surface area contributed by atoms with E-state index in [9.17, 15) is 14.4 Å². The molecule has 0 radical (unpaired) electrons. The Labute approximate surface area is 198 Å². The Kier molecular flexibility index (Phi) is 8.24. The first-order chi connectivity index (χ1) is 15.8. The number of rotatable bonds is 8. The summed E-state index contributed by atoms with van der Waals surface area (Å²) in [7, 11) is 2.83. The number of ether oxygens (including phenoxy) is 3. The number of dihydropyridines is 1. The highest BCUT2D eigenvalue weighted by Gasteiger charge is 2.47. The number of methoxy groups -OCH3 is 2. The standard InChI is InChI=1S/C25H31NO6S/c1-6-33-12-11-32-25(29)20-15(3)26-17-13-14(2)19(24(28)31-5)23(27)22(17)21(20)16-9-7-8-10-18(16)30-4/h7-10,14,19,21,26H,6,11-13H2,1-5H3/t14-,19-,21-/m1/s1. The first-order valence-electron chi connectivity index (χ1n) is 11.1. The minimum absolute atomic E-state index is 0.234. The normalized spacial score (nSPS) is 22.5. The van der Waals surface area contributed by atoms with Gasteiger partial charge in [-0.2, -0.15) is 11.8 Å². The number of benzene rings is 1. The molecule has 0 saturated carbocycles. The van der Waals surface area contributed by atoms with Gasteiger partial charge in [-0.15, -0.1) is 0 Å². The van der Waals surface area contributed by atoms with Crippen LogP contribution in [0.3, 0.4) is 0 Å². The Hall–Kier alpha value is -2.74. The number of allylic oxidation sites excluding steroid dienone is 3. The summed E-state index contributed by atoms with van der Waals surface area (Å²) in [6.45, 7) is 5.99. The molecule has 3 atom stereocenters. The molecule has 0 amide bonds. The number of para-hydroxylation sites is 1. The lowest BCUT2D eigenvalue weighted by molar-refractivity contribution is -0.151. The predicted molar refractivity (Wildman–Crippen MR) is 127 cm³/mol. The third-order valence-electron chi connectivity index (χ3n) is 6.08. The van der Waals surface area contributed by atoms with Crippen molar-refractivity contribution in [2.24, 2.45) is 11.8 Å². The molecule has 1 aliphatic heterocycles. The molecule has 2 aliphatic rings. The maximum atomic E-state index is 13.7. The maximum Gasteiger partial charge on any atom is 0.336 e.